The van der Waals surface area contributed by atoms with E-state index in [1.54, 1.807) is 6.92 Å². The number of rotatable bonds is 8. The Hall–Kier alpha value is -3.33. The Morgan fingerprint density at radius 2 is 2.07 bits per heavy atom. The van der Waals surface area contributed by atoms with Gasteiger partial charge in [0, 0.05) is 18.7 Å². The molecule has 29 heavy (non-hydrogen) atoms. The molecule has 0 saturated carbocycles. The molecule has 3 heterocycles. The lowest BCUT2D eigenvalue weighted by Gasteiger charge is -2.11. The average molecular weight is 396 g/mol. The zero-order chi connectivity index (χ0) is 20.8. The van der Waals surface area contributed by atoms with Crippen LogP contribution in [0.15, 0.2) is 29.0 Å². The molecule has 1 amide bonds. The summed E-state index contributed by atoms with van der Waals surface area (Å²) in [5, 5.41) is 2.82. The number of nitrogens with two attached hydrogens (primary N) is 1. The lowest BCUT2D eigenvalue weighted by molar-refractivity contribution is 0.0945. The number of hydrogen-bond acceptors (Lipinski definition) is 8. The minimum atomic E-state index is -0.419. The monoisotopic (exact) mass is 396 g/mol. The number of anilines is 1. The van der Waals surface area contributed by atoms with E-state index in [4.69, 9.17) is 14.9 Å². The van der Waals surface area contributed by atoms with E-state index in [2.05, 4.69) is 25.3 Å². The first-order chi connectivity index (χ1) is 14.0. The van der Waals surface area contributed by atoms with Gasteiger partial charge in [0.15, 0.2) is 11.5 Å². The van der Waals surface area contributed by atoms with Crippen LogP contribution in [0.1, 0.15) is 40.1 Å². The second-order valence-electron chi connectivity index (χ2n) is 6.42. The van der Waals surface area contributed by atoms with Crippen LogP contribution in [0, 0.1) is 13.8 Å². The Bertz CT molecular complexity index is 988. The summed E-state index contributed by atoms with van der Waals surface area (Å²) in [7, 11) is 0. The fourth-order valence-electron chi connectivity index (χ4n) is 2.75. The second kappa shape index (κ2) is 9.24. The van der Waals surface area contributed by atoms with Crippen LogP contribution < -0.4 is 11.1 Å². The van der Waals surface area contributed by atoms with Crippen LogP contribution in [0.4, 0.5) is 5.82 Å². The third-order valence-corrected chi connectivity index (χ3v) is 4.33. The Morgan fingerprint density at radius 1 is 1.24 bits per heavy atom. The van der Waals surface area contributed by atoms with E-state index in [0.717, 1.165) is 23.4 Å². The summed E-state index contributed by atoms with van der Waals surface area (Å²) in [5.74, 6) is -0.105. The molecule has 3 N–H and O–H groups in total. The zero-order valence-electron chi connectivity index (χ0n) is 16.7. The molecule has 0 saturated heterocycles. The van der Waals surface area contributed by atoms with E-state index < -0.39 is 5.91 Å². The number of oxazole rings is 1. The fourth-order valence-corrected chi connectivity index (χ4v) is 2.75. The molecule has 9 nitrogen and oxygen atoms in total. The van der Waals surface area contributed by atoms with Gasteiger partial charge in [0.25, 0.3) is 5.91 Å². The summed E-state index contributed by atoms with van der Waals surface area (Å²) >= 11 is 0. The normalized spacial score (nSPS) is 10.9. The number of aryl methyl sites for hydroxylation is 2. The molecular formula is C20H24N6O3. The molecule has 0 radical (unpaired) electrons. The molecule has 3 rings (SSSR count). The van der Waals surface area contributed by atoms with Crippen molar-refractivity contribution in [3.8, 4) is 11.6 Å². The molecule has 0 unspecified atom stereocenters. The molecule has 152 valence electrons. The van der Waals surface area contributed by atoms with Crippen molar-refractivity contribution < 1.29 is 13.9 Å². The number of nitrogen functional groups attached to an aromatic ring is 1. The van der Waals surface area contributed by atoms with Crippen molar-refractivity contribution in [2.24, 2.45) is 0 Å². The van der Waals surface area contributed by atoms with E-state index in [0.29, 0.717) is 30.5 Å². The van der Waals surface area contributed by atoms with Crippen LogP contribution >= 0.6 is 0 Å². The van der Waals surface area contributed by atoms with Crippen molar-refractivity contribution >= 4 is 11.7 Å². The van der Waals surface area contributed by atoms with Gasteiger partial charge in [0.1, 0.15) is 12.0 Å². The number of hydrogen-bond donors (Lipinski definition) is 2. The molecule has 0 bridgehead atoms. The topological polar surface area (TPSA) is 129 Å². The van der Waals surface area contributed by atoms with Gasteiger partial charge in [-0.05, 0) is 32.4 Å². The molecule has 0 aromatic carbocycles. The Kier molecular flexibility index (Phi) is 6.50. The SMILES string of the molecule is CCOCCc1ccc(C)c(CNC(=O)c2nc(C)c(-c3ncco3)nc2N)n1. The summed E-state index contributed by atoms with van der Waals surface area (Å²) in [6.07, 6.45) is 3.66. The van der Waals surface area contributed by atoms with Gasteiger partial charge in [0.2, 0.25) is 5.89 Å². The van der Waals surface area contributed by atoms with E-state index in [9.17, 15) is 4.79 Å². The third kappa shape index (κ3) is 4.94. The van der Waals surface area contributed by atoms with Crippen LogP contribution in [-0.2, 0) is 17.7 Å². The summed E-state index contributed by atoms with van der Waals surface area (Å²) in [6.45, 7) is 7.17. The largest absolute Gasteiger partial charge is 0.443 e. The fraction of sp³-hybridized carbons (Fsp3) is 0.350. The molecule has 0 fully saturated rings. The molecule has 0 aliphatic rings. The first-order valence-electron chi connectivity index (χ1n) is 9.35. The highest BCUT2D eigenvalue weighted by atomic mass is 16.5. The number of pyridine rings is 1. The van der Waals surface area contributed by atoms with Crippen molar-refractivity contribution in [3.05, 3.63) is 52.9 Å². The first-order valence-corrected chi connectivity index (χ1v) is 9.35. The quantitative estimate of drug-likeness (QED) is 0.555. The van der Waals surface area contributed by atoms with Crippen molar-refractivity contribution in [2.45, 2.75) is 33.7 Å². The van der Waals surface area contributed by atoms with Crippen molar-refractivity contribution in [2.75, 3.05) is 18.9 Å². The van der Waals surface area contributed by atoms with Gasteiger partial charge in [-0.3, -0.25) is 9.78 Å². The number of nitrogens with one attached hydrogen (secondary N) is 1. The Labute approximate surface area is 168 Å². The molecule has 0 atom stereocenters. The number of carbonyl (C=O) groups excluding carboxylic acids is 1. The third-order valence-electron chi connectivity index (χ3n) is 4.33. The Balaban J connectivity index is 1.71. The van der Waals surface area contributed by atoms with Crippen LogP contribution in [0.3, 0.4) is 0 Å². The smallest absolute Gasteiger partial charge is 0.274 e. The summed E-state index contributed by atoms with van der Waals surface area (Å²) < 4.78 is 10.6. The standard InChI is InChI=1S/C20H24N6O3/c1-4-28-9-7-14-6-5-12(2)15(25-14)11-23-19(27)17-18(21)26-16(13(3)24-17)20-22-8-10-29-20/h5-6,8,10H,4,7,9,11H2,1-3H3,(H2,21,26)(H,23,27). The van der Waals surface area contributed by atoms with Gasteiger partial charge >= 0.3 is 0 Å². The molecule has 9 heteroatoms. The minimum absolute atomic E-state index is 0.0106. The predicted molar refractivity (Wildman–Crippen MR) is 107 cm³/mol. The second-order valence-corrected chi connectivity index (χ2v) is 6.42. The number of nitrogens with zero attached hydrogens (tertiary/aromatic N) is 4. The van der Waals surface area contributed by atoms with E-state index in [1.807, 2.05) is 26.0 Å². The maximum absolute atomic E-state index is 12.6. The molecular weight excluding hydrogens is 372 g/mol. The number of aromatic nitrogens is 4. The highest BCUT2D eigenvalue weighted by Gasteiger charge is 2.19. The van der Waals surface area contributed by atoms with Gasteiger partial charge in [0.05, 0.1) is 30.7 Å². The maximum atomic E-state index is 12.6. The average Bonchev–Trinajstić information content (AvgIpc) is 3.24. The summed E-state index contributed by atoms with van der Waals surface area (Å²) in [6, 6.07) is 3.95. The molecule has 0 aliphatic carbocycles. The van der Waals surface area contributed by atoms with E-state index >= 15 is 0 Å². The minimum Gasteiger partial charge on any atom is -0.443 e. The highest BCUT2D eigenvalue weighted by Crippen LogP contribution is 2.20. The number of amides is 1. The van der Waals surface area contributed by atoms with E-state index in [1.165, 1.54) is 12.5 Å². The number of ether oxygens (including phenoxy) is 1. The molecule has 3 aromatic heterocycles. The maximum Gasteiger partial charge on any atom is 0.274 e. The lowest BCUT2D eigenvalue weighted by Crippen LogP contribution is -2.27. The van der Waals surface area contributed by atoms with Crippen LogP contribution in [0.2, 0.25) is 0 Å². The van der Waals surface area contributed by atoms with Crippen molar-refractivity contribution in [3.63, 3.8) is 0 Å². The lowest BCUT2D eigenvalue weighted by atomic mass is 10.1. The zero-order valence-corrected chi connectivity index (χ0v) is 16.7. The number of carbonyl (C=O) groups is 1. The van der Waals surface area contributed by atoms with Crippen molar-refractivity contribution in [1.82, 2.24) is 25.3 Å². The van der Waals surface area contributed by atoms with Gasteiger partial charge in [-0.25, -0.2) is 15.0 Å². The van der Waals surface area contributed by atoms with Crippen LogP contribution in [0.25, 0.3) is 11.6 Å². The van der Waals surface area contributed by atoms with Gasteiger partial charge in [-0.1, -0.05) is 6.07 Å². The summed E-state index contributed by atoms with van der Waals surface area (Å²) in [4.78, 5) is 29.8. The van der Waals surface area contributed by atoms with Gasteiger partial charge < -0.3 is 20.2 Å². The Morgan fingerprint density at radius 3 is 2.79 bits per heavy atom. The van der Waals surface area contributed by atoms with Crippen molar-refractivity contribution in [1.29, 1.82) is 0 Å². The van der Waals surface area contributed by atoms with Crippen LogP contribution in [0.5, 0.6) is 0 Å². The van der Waals surface area contributed by atoms with E-state index in [-0.39, 0.29) is 18.1 Å². The predicted octanol–water partition coefficient (Wildman–Crippen LogP) is 2.23. The molecule has 0 aliphatic heterocycles. The van der Waals surface area contributed by atoms with Gasteiger partial charge in [-0.2, -0.15) is 0 Å². The highest BCUT2D eigenvalue weighted by molar-refractivity contribution is 5.96. The first kappa shape index (κ1) is 20.4. The van der Waals surface area contributed by atoms with Gasteiger partial charge in [-0.15, -0.1) is 0 Å². The molecule has 0 spiro atoms. The van der Waals surface area contributed by atoms with Crippen LogP contribution in [-0.4, -0.2) is 39.1 Å². The molecule has 3 aromatic rings. The summed E-state index contributed by atoms with van der Waals surface area (Å²) in [5.41, 5.74) is 9.60.